The van der Waals surface area contributed by atoms with E-state index >= 15 is 0 Å². The molecule has 0 aliphatic carbocycles. The van der Waals surface area contributed by atoms with Crippen LogP contribution in [0.3, 0.4) is 0 Å². The normalized spacial score (nSPS) is 11.4. The van der Waals surface area contributed by atoms with Crippen LogP contribution in [-0.4, -0.2) is 21.1 Å². The first-order chi connectivity index (χ1) is 9.41. The summed E-state index contributed by atoms with van der Waals surface area (Å²) in [7, 11) is 0. The van der Waals surface area contributed by atoms with Crippen LogP contribution in [0.4, 0.5) is 5.69 Å². The second kappa shape index (κ2) is 5.42. The molecule has 6 heteroatoms. The molecular formula is C14H19N5O. The molecule has 1 heterocycles. The van der Waals surface area contributed by atoms with Crippen LogP contribution in [0, 0.1) is 0 Å². The Labute approximate surface area is 117 Å². The molecule has 2 aromatic rings. The highest BCUT2D eigenvalue weighted by Crippen LogP contribution is 2.18. The first-order valence-electron chi connectivity index (χ1n) is 6.44. The molecule has 20 heavy (non-hydrogen) atoms. The Bertz CT molecular complexity index is 612. The molecule has 0 saturated heterocycles. The predicted molar refractivity (Wildman–Crippen MR) is 77.4 cm³/mol. The summed E-state index contributed by atoms with van der Waals surface area (Å²) in [5.74, 6) is 0.453. The highest BCUT2D eigenvalue weighted by atomic mass is 16.2. The van der Waals surface area contributed by atoms with Crippen molar-refractivity contribution in [3.63, 3.8) is 0 Å². The number of carbonyl (C=O) groups excluding carboxylic acids is 1. The van der Waals surface area contributed by atoms with E-state index in [4.69, 9.17) is 5.73 Å². The lowest BCUT2D eigenvalue weighted by atomic mass is 9.96. The average molecular weight is 273 g/mol. The fourth-order valence-electron chi connectivity index (χ4n) is 1.70. The van der Waals surface area contributed by atoms with Crippen LogP contribution in [0.1, 0.15) is 42.8 Å². The quantitative estimate of drug-likeness (QED) is 0.794. The fraction of sp³-hybridized carbons (Fsp3) is 0.357. The molecule has 0 unspecified atom stereocenters. The average Bonchev–Trinajstić information content (AvgIpc) is 2.89. The van der Waals surface area contributed by atoms with Crippen molar-refractivity contribution in [2.45, 2.75) is 32.7 Å². The number of rotatable bonds is 3. The number of H-pyrrole nitrogens is 1. The van der Waals surface area contributed by atoms with E-state index in [9.17, 15) is 4.79 Å². The number of para-hydroxylation sites is 1. The van der Waals surface area contributed by atoms with E-state index in [2.05, 4.69) is 20.5 Å². The van der Waals surface area contributed by atoms with Crippen LogP contribution in [0.2, 0.25) is 0 Å². The van der Waals surface area contributed by atoms with Gasteiger partial charge in [-0.25, -0.2) is 4.98 Å². The maximum Gasteiger partial charge on any atom is 0.295 e. The van der Waals surface area contributed by atoms with Crippen LogP contribution in [0.5, 0.6) is 0 Å². The number of carbonyl (C=O) groups is 1. The molecule has 0 saturated carbocycles. The number of nitrogens with one attached hydrogen (secondary N) is 2. The second-order valence-electron chi connectivity index (χ2n) is 5.57. The molecule has 1 aromatic carbocycles. The minimum Gasteiger partial charge on any atom is -0.326 e. The van der Waals surface area contributed by atoms with Gasteiger partial charge in [0.2, 0.25) is 5.82 Å². The van der Waals surface area contributed by atoms with Crippen molar-refractivity contribution >= 4 is 11.6 Å². The summed E-state index contributed by atoms with van der Waals surface area (Å²) in [6.45, 7) is 6.36. The number of amides is 1. The minimum absolute atomic E-state index is 0.127. The van der Waals surface area contributed by atoms with Gasteiger partial charge in [-0.15, -0.1) is 5.10 Å². The van der Waals surface area contributed by atoms with Crippen LogP contribution in [-0.2, 0) is 12.0 Å². The minimum atomic E-state index is -0.349. The molecule has 0 aliphatic heterocycles. The van der Waals surface area contributed by atoms with E-state index in [1.165, 1.54) is 0 Å². The molecule has 4 N–H and O–H groups in total. The molecule has 106 valence electrons. The number of aromatic amines is 1. The van der Waals surface area contributed by atoms with Crippen LogP contribution >= 0.6 is 0 Å². The SMILES string of the molecule is CC(C)(C)c1nc(C(=O)Nc2ccccc2CN)n[nH]1. The number of nitrogens with zero attached hydrogens (tertiary/aromatic N) is 2. The molecule has 0 aliphatic rings. The van der Waals surface area contributed by atoms with Crippen LogP contribution in [0.25, 0.3) is 0 Å². The van der Waals surface area contributed by atoms with Crippen LogP contribution < -0.4 is 11.1 Å². The number of nitrogens with two attached hydrogens (primary N) is 1. The van der Waals surface area contributed by atoms with Gasteiger partial charge in [-0.3, -0.25) is 9.89 Å². The molecule has 0 atom stereocenters. The number of aromatic nitrogens is 3. The second-order valence-corrected chi connectivity index (χ2v) is 5.57. The summed E-state index contributed by atoms with van der Waals surface area (Å²) in [6.07, 6.45) is 0. The standard InChI is InChI=1S/C14H19N5O/c1-14(2,3)13-17-11(18-19-13)12(20)16-10-7-5-4-6-9(10)8-15/h4-7H,8,15H2,1-3H3,(H,16,20)(H,17,18,19). The Morgan fingerprint density at radius 1 is 1.35 bits per heavy atom. The van der Waals surface area contributed by atoms with E-state index in [-0.39, 0.29) is 17.1 Å². The largest absolute Gasteiger partial charge is 0.326 e. The van der Waals surface area contributed by atoms with Gasteiger partial charge in [0.25, 0.3) is 5.91 Å². The van der Waals surface area contributed by atoms with Crippen molar-refractivity contribution in [1.29, 1.82) is 0 Å². The van der Waals surface area contributed by atoms with Crippen molar-refractivity contribution in [1.82, 2.24) is 15.2 Å². The zero-order valence-corrected chi connectivity index (χ0v) is 11.9. The van der Waals surface area contributed by atoms with Gasteiger partial charge in [0.15, 0.2) is 0 Å². The first kappa shape index (κ1) is 14.2. The van der Waals surface area contributed by atoms with E-state index in [1.807, 2.05) is 39.0 Å². The van der Waals surface area contributed by atoms with E-state index in [0.29, 0.717) is 18.1 Å². The molecular weight excluding hydrogens is 254 g/mol. The summed E-state index contributed by atoms with van der Waals surface area (Å²) in [6, 6.07) is 7.39. The smallest absolute Gasteiger partial charge is 0.295 e. The Morgan fingerprint density at radius 3 is 2.65 bits per heavy atom. The zero-order chi connectivity index (χ0) is 14.8. The number of benzene rings is 1. The number of anilines is 1. The van der Waals surface area contributed by atoms with Crippen molar-refractivity contribution in [2.75, 3.05) is 5.32 Å². The maximum absolute atomic E-state index is 12.1. The molecule has 0 fully saturated rings. The van der Waals surface area contributed by atoms with Gasteiger partial charge >= 0.3 is 0 Å². The van der Waals surface area contributed by atoms with Gasteiger partial charge in [-0.05, 0) is 11.6 Å². The number of hydrogen-bond donors (Lipinski definition) is 3. The van der Waals surface area contributed by atoms with E-state index in [1.54, 1.807) is 6.07 Å². The first-order valence-corrected chi connectivity index (χ1v) is 6.44. The van der Waals surface area contributed by atoms with Crippen LogP contribution in [0.15, 0.2) is 24.3 Å². The molecule has 1 aromatic heterocycles. The zero-order valence-electron chi connectivity index (χ0n) is 11.9. The maximum atomic E-state index is 12.1. The van der Waals surface area contributed by atoms with E-state index in [0.717, 1.165) is 5.56 Å². The van der Waals surface area contributed by atoms with E-state index < -0.39 is 0 Å². The Hall–Kier alpha value is -2.21. The highest BCUT2D eigenvalue weighted by molar-refractivity contribution is 6.01. The number of hydrogen-bond acceptors (Lipinski definition) is 4. The lowest BCUT2D eigenvalue weighted by Gasteiger charge is -2.12. The monoisotopic (exact) mass is 273 g/mol. The predicted octanol–water partition coefficient (Wildman–Crippen LogP) is 1.81. The Morgan fingerprint density at radius 2 is 2.05 bits per heavy atom. The van der Waals surface area contributed by atoms with Gasteiger partial charge in [0, 0.05) is 17.6 Å². The summed E-state index contributed by atoms with van der Waals surface area (Å²) >= 11 is 0. The molecule has 2 rings (SSSR count). The highest BCUT2D eigenvalue weighted by Gasteiger charge is 2.21. The van der Waals surface area contributed by atoms with Gasteiger partial charge in [-0.2, -0.15) is 0 Å². The van der Waals surface area contributed by atoms with Gasteiger partial charge in [0.05, 0.1) is 0 Å². The van der Waals surface area contributed by atoms with Crippen molar-refractivity contribution in [3.8, 4) is 0 Å². The van der Waals surface area contributed by atoms with Crippen molar-refractivity contribution in [3.05, 3.63) is 41.5 Å². The third kappa shape index (κ3) is 3.03. The molecule has 6 nitrogen and oxygen atoms in total. The molecule has 0 radical (unpaired) electrons. The van der Waals surface area contributed by atoms with Gasteiger partial charge in [0.1, 0.15) is 5.82 Å². The Kier molecular flexibility index (Phi) is 3.85. The third-order valence-electron chi connectivity index (χ3n) is 2.88. The summed E-state index contributed by atoms with van der Waals surface area (Å²) < 4.78 is 0. The van der Waals surface area contributed by atoms with Crippen molar-refractivity contribution in [2.24, 2.45) is 5.73 Å². The lowest BCUT2D eigenvalue weighted by molar-refractivity contribution is 0.101. The topological polar surface area (TPSA) is 96.7 Å². The summed E-state index contributed by atoms with van der Waals surface area (Å²) in [5, 5.41) is 9.53. The lowest BCUT2D eigenvalue weighted by Crippen LogP contribution is -2.17. The third-order valence-corrected chi connectivity index (χ3v) is 2.88. The van der Waals surface area contributed by atoms with Gasteiger partial charge < -0.3 is 11.1 Å². The molecule has 1 amide bonds. The molecule has 0 spiro atoms. The molecule has 0 bridgehead atoms. The summed E-state index contributed by atoms with van der Waals surface area (Å²) in [4.78, 5) is 16.3. The summed E-state index contributed by atoms with van der Waals surface area (Å²) in [5.41, 5.74) is 7.01. The van der Waals surface area contributed by atoms with Gasteiger partial charge in [-0.1, -0.05) is 39.0 Å². The Balaban J connectivity index is 2.18. The fourth-order valence-corrected chi connectivity index (χ4v) is 1.70. The van der Waals surface area contributed by atoms with Crippen molar-refractivity contribution < 1.29 is 4.79 Å².